The minimum Gasteiger partial charge on any atom is -0.493 e. The zero-order valence-electron chi connectivity index (χ0n) is 27.6. The molecule has 11 heteroatoms. The number of halogens is 4. The van der Waals surface area contributed by atoms with Crippen molar-refractivity contribution in [1.82, 2.24) is 15.5 Å². The Balaban J connectivity index is 1.13. The fourth-order valence-electron chi connectivity index (χ4n) is 5.94. The van der Waals surface area contributed by atoms with Gasteiger partial charge in [-0.05, 0) is 88.2 Å². The van der Waals surface area contributed by atoms with Crippen LogP contribution in [-0.2, 0) is 17.4 Å². The normalized spacial score (nSPS) is 14.0. The minimum atomic E-state index is -4.42. The summed E-state index contributed by atoms with van der Waals surface area (Å²) in [6.45, 7) is 7.67. The molecule has 1 saturated heterocycles. The van der Waals surface area contributed by atoms with Gasteiger partial charge in [-0.3, -0.25) is 9.59 Å². The van der Waals surface area contributed by atoms with Crippen LogP contribution in [0, 0.1) is 5.82 Å². The van der Waals surface area contributed by atoms with Gasteiger partial charge >= 0.3 is 6.18 Å². The molecule has 1 fully saturated rings. The predicted molar refractivity (Wildman–Crippen MR) is 178 cm³/mol. The van der Waals surface area contributed by atoms with Crippen LogP contribution in [0.15, 0.2) is 60.7 Å². The second-order valence-corrected chi connectivity index (χ2v) is 11.9. The number of amides is 2. The van der Waals surface area contributed by atoms with Crippen molar-refractivity contribution >= 4 is 11.8 Å². The van der Waals surface area contributed by atoms with Gasteiger partial charge in [0, 0.05) is 55.4 Å². The standard InChI is InChI=1S/C37H45F4N3O4/c1-3-47-33-24-28(38)25-34(48-4-2)32(33)12-9-13-35(45)42-20-7-8-21-44-22-18-29(19-23-44)43-36(46)31-11-6-5-10-30(31)26-14-16-27(17-15-26)37(39,40)41/h5-6,10-11,14-17,24-25,29H,3-4,7-9,12-13,18-23H2,1-2H3,(H,42,45)(H,43,46). The first-order valence-corrected chi connectivity index (χ1v) is 16.7. The highest BCUT2D eigenvalue weighted by Gasteiger charge is 2.30. The lowest BCUT2D eigenvalue weighted by Gasteiger charge is -2.32. The average molecular weight is 672 g/mol. The Morgan fingerprint density at radius 3 is 2.17 bits per heavy atom. The van der Waals surface area contributed by atoms with Gasteiger partial charge in [0.15, 0.2) is 0 Å². The number of rotatable bonds is 16. The van der Waals surface area contributed by atoms with E-state index in [-0.39, 0.29) is 17.9 Å². The molecule has 3 aromatic carbocycles. The highest BCUT2D eigenvalue weighted by atomic mass is 19.4. The van der Waals surface area contributed by atoms with Crippen LogP contribution in [-0.4, -0.2) is 62.1 Å². The van der Waals surface area contributed by atoms with Gasteiger partial charge in [0.05, 0.1) is 18.8 Å². The van der Waals surface area contributed by atoms with Gasteiger partial charge in [-0.2, -0.15) is 13.2 Å². The SMILES string of the molecule is CCOc1cc(F)cc(OCC)c1CCCC(=O)NCCCCN1CCC(NC(=O)c2ccccc2-c2ccc(C(F)(F)F)cc2)CC1. The molecule has 0 aromatic heterocycles. The van der Waals surface area contributed by atoms with E-state index in [0.717, 1.165) is 63.0 Å². The fraction of sp³-hybridized carbons (Fsp3) is 0.459. The Labute approximate surface area is 280 Å². The molecule has 1 aliphatic heterocycles. The molecule has 2 N–H and O–H groups in total. The highest BCUT2D eigenvalue weighted by molar-refractivity contribution is 6.01. The third-order valence-corrected chi connectivity index (χ3v) is 8.40. The van der Waals surface area contributed by atoms with Crippen molar-refractivity contribution in [2.75, 3.05) is 39.4 Å². The van der Waals surface area contributed by atoms with E-state index in [2.05, 4.69) is 15.5 Å². The van der Waals surface area contributed by atoms with E-state index in [1.165, 1.54) is 24.3 Å². The molecular weight excluding hydrogens is 626 g/mol. The molecule has 0 unspecified atom stereocenters. The van der Waals surface area contributed by atoms with E-state index in [0.29, 0.717) is 67.2 Å². The van der Waals surface area contributed by atoms with E-state index >= 15 is 0 Å². The smallest absolute Gasteiger partial charge is 0.416 e. The number of benzene rings is 3. The molecule has 260 valence electrons. The van der Waals surface area contributed by atoms with Gasteiger partial charge < -0.3 is 25.0 Å². The Kier molecular flexibility index (Phi) is 13.7. The summed E-state index contributed by atoms with van der Waals surface area (Å²) in [5.74, 6) is 0.231. The Hall–Kier alpha value is -4.12. The van der Waals surface area contributed by atoms with E-state index in [1.807, 2.05) is 13.8 Å². The molecule has 1 heterocycles. The highest BCUT2D eigenvalue weighted by Crippen LogP contribution is 2.33. The predicted octanol–water partition coefficient (Wildman–Crippen LogP) is 7.42. The molecule has 1 aliphatic rings. The number of unbranched alkanes of at least 4 members (excludes halogenated alkanes) is 1. The summed E-state index contributed by atoms with van der Waals surface area (Å²) in [5.41, 5.74) is 1.63. The topological polar surface area (TPSA) is 79.9 Å². The van der Waals surface area contributed by atoms with Crippen LogP contribution < -0.4 is 20.1 Å². The van der Waals surface area contributed by atoms with Crippen LogP contribution >= 0.6 is 0 Å². The summed E-state index contributed by atoms with van der Waals surface area (Å²) in [5, 5.41) is 6.10. The number of ether oxygens (including phenoxy) is 2. The molecule has 48 heavy (non-hydrogen) atoms. The van der Waals surface area contributed by atoms with Crippen LogP contribution in [0.5, 0.6) is 11.5 Å². The van der Waals surface area contributed by atoms with Crippen LogP contribution in [0.25, 0.3) is 11.1 Å². The summed E-state index contributed by atoms with van der Waals surface area (Å²) in [6.07, 6.45) is 0.447. The van der Waals surface area contributed by atoms with Gasteiger partial charge in [0.25, 0.3) is 5.91 Å². The van der Waals surface area contributed by atoms with Gasteiger partial charge in [-0.15, -0.1) is 0 Å². The largest absolute Gasteiger partial charge is 0.493 e. The molecule has 0 saturated carbocycles. The quantitative estimate of drug-likeness (QED) is 0.122. The van der Waals surface area contributed by atoms with Gasteiger partial charge in [-0.1, -0.05) is 30.3 Å². The molecule has 0 spiro atoms. The van der Waals surface area contributed by atoms with Crippen LogP contribution in [0.1, 0.15) is 73.9 Å². The van der Waals surface area contributed by atoms with Crippen molar-refractivity contribution in [3.8, 4) is 22.6 Å². The third kappa shape index (κ3) is 10.7. The summed E-state index contributed by atoms with van der Waals surface area (Å²) in [6, 6.07) is 14.5. The molecule has 4 rings (SSSR count). The zero-order valence-corrected chi connectivity index (χ0v) is 27.6. The number of likely N-dealkylation sites (tertiary alicyclic amines) is 1. The molecule has 0 radical (unpaired) electrons. The average Bonchev–Trinajstić information content (AvgIpc) is 3.06. The summed E-state index contributed by atoms with van der Waals surface area (Å²) in [4.78, 5) is 28.0. The van der Waals surface area contributed by atoms with Crippen LogP contribution in [0.4, 0.5) is 17.6 Å². The lowest BCUT2D eigenvalue weighted by molar-refractivity contribution is -0.137. The first kappa shape index (κ1) is 36.7. The van der Waals surface area contributed by atoms with E-state index in [9.17, 15) is 27.2 Å². The molecule has 2 amide bonds. The van der Waals surface area contributed by atoms with Crippen molar-refractivity contribution in [1.29, 1.82) is 0 Å². The van der Waals surface area contributed by atoms with Crippen LogP contribution in [0.2, 0.25) is 0 Å². The number of nitrogens with zero attached hydrogens (tertiary/aromatic N) is 1. The first-order chi connectivity index (χ1) is 23.1. The number of nitrogens with one attached hydrogen (secondary N) is 2. The maximum atomic E-state index is 14.0. The molecular formula is C37H45F4N3O4. The van der Waals surface area contributed by atoms with Gasteiger partial charge in [0.2, 0.25) is 5.91 Å². The van der Waals surface area contributed by atoms with E-state index in [4.69, 9.17) is 9.47 Å². The maximum absolute atomic E-state index is 14.0. The summed E-state index contributed by atoms with van der Waals surface area (Å²) >= 11 is 0. The van der Waals surface area contributed by atoms with Gasteiger partial charge in [0.1, 0.15) is 17.3 Å². The number of alkyl halides is 3. The van der Waals surface area contributed by atoms with Crippen molar-refractivity contribution < 1.29 is 36.6 Å². The number of carbonyl (C=O) groups excluding carboxylic acids is 2. The lowest BCUT2D eigenvalue weighted by atomic mass is 9.97. The lowest BCUT2D eigenvalue weighted by Crippen LogP contribution is -2.45. The molecule has 7 nitrogen and oxygen atoms in total. The maximum Gasteiger partial charge on any atom is 0.416 e. The summed E-state index contributed by atoms with van der Waals surface area (Å²) < 4.78 is 64.2. The molecule has 0 aliphatic carbocycles. The second-order valence-electron chi connectivity index (χ2n) is 11.9. The second kappa shape index (κ2) is 17.9. The number of piperidine rings is 1. The van der Waals surface area contributed by atoms with Crippen molar-refractivity contribution in [2.45, 2.75) is 71.0 Å². The number of hydrogen-bond acceptors (Lipinski definition) is 5. The molecule has 3 aromatic rings. The molecule has 0 atom stereocenters. The Bertz CT molecular complexity index is 1460. The molecule has 0 bridgehead atoms. The Morgan fingerprint density at radius 2 is 1.54 bits per heavy atom. The third-order valence-electron chi connectivity index (χ3n) is 8.40. The van der Waals surface area contributed by atoms with Crippen molar-refractivity contribution in [3.63, 3.8) is 0 Å². The van der Waals surface area contributed by atoms with E-state index in [1.54, 1.807) is 24.3 Å². The number of hydrogen-bond donors (Lipinski definition) is 2. The van der Waals surface area contributed by atoms with Crippen molar-refractivity contribution in [3.05, 3.63) is 83.2 Å². The fourth-order valence-corrected chi connectivity index (χ4v) is 5.94. The Morgan fingerprint density at radius 1 is 0.896 bits per heavy atom. The zero-order chi connectivity index (χ0) is 34.5. The van der Waals surface area contributed by atoms with Gasteiger partial charge in [-0.25, -0.2) is 4.39 Å². The van der Waals surface area contributed by atoms with Crippen LogP contribution in [0.3, 0.4) is 0 Å². The summed E-state index contributed by atoms with van der Waals surface area (Å²) in [7, 11) is 0. The van der Waals surface area contributed by atoms with E-state index < -0.39 is 17.6 Å². The number of carbonyl (C=O) groups is 2. The monoisotopic (exact) mass is 671 g/mol. The first-order valence-electron chi connectivity index (χ1n) is 16.7. The minimum absolute atomic E-state index is 0.0119. The van der Waals surface area contributed by atoms with Crippen molar-refractivity contribution in [2.24, 2.45) is 0 Å².